The highest BCUT2D eigenvalue weighted by Crippen LogP contribution is 2.31. The minimum absolute atomic E-state index is 0.0400. The van der Waals surface area contributed by atoms with Gasteiger partial charge < -0.3 is 20.6 Å². The van der Waals surface area contributed by atoms with Gasteiger partial charge in [0, 0.05) is 26.2 Å². The fraction of sp³-hybridized carbons (Fsp3) is 0.769. The van der Waals surface area contributed by atoms with E-state index in [0.717, 1.165) is 19.5 Å². The molecule has 0 bridgehead atoms. The maximum absolute atomic E-state index is 12.0. The molecule has 2 atom stereocenters. The van der Waals surface area contributed by atoms with E-state index in [-0.39, 0.29) is 18.4 Å². The fourth-order valence-electron chi connectivity index (χ4n) is 2.89. The number of carboxylic acid groups (broad SMARTS) is 1. The third kappa shape index (κ3) is 3.47. The summed E-state index contributed by atoms with van der Waals surface area (Å²) in [5.74, 6) is -2.44. The average Bonchev–Trinajstić information content (AvgIpc) is 2.95. The van der Waals surface area contributed by atoms with Gasteiger partial charge in [-0.15, -0.1) is 0 Å². The SMILES string of the molecule is O=C(O)[C@H]1CCC[C@H]1C(=O)NCC(=O)N1CCNCC1. The summed E-state index contributed by atoms with van der Waals surface area (Å²) in [7, 11) is 0. The number of rotatable bonds is 4. The van der Waals surface area contributed by atoms with Crippen molar-refractivity contribution in [1.29, 1.82) is 0 Å². The van der Waals surface area contributed by atoms with Crippen LogP contribution in [0.2, 0.25) is 0 Å². The summed E-state index contributed by atoms with van der Waals surface area (Å²) in [6.07, 6.45) is 1.88. The summed E-state index contributed by atoms with van der Waals surface area (Å²) in [6.45, 7) is 2.79. The van der Waals surface area contributed by atoms with Crippen LogP contribution in [0.25, 0.3) is 0 Å². The number of hydrogen-bond acceptors (Lipinski definition) is 4. The van der Waals surface area contributed by atoms with E-state index in [9.17, 15) is 14.4 Å². The molecule has 1 heterocycles. The number of carboxylic acids is 1. The maximum Gasteiger partial charge on any atom is 0.307 e. The van der Waals surface area contributed by atoms with Crippen LogP contribution in [0.4, 0.5) is 0 Å². The van der Waals surface area contributed by atoms with Gasteiger partial charge in [0.25, 0.3) is 0 Å². The number of nitrogens with zero attached hydrogens (tertiary/aromatic N) is 1. The molecule has 2 amide bonds. The van der Waals surface area contributed by atoms with Crippen LogP contribution in [-0.4, -0.2) is 60.5 Å². The highest BCUT2D eigenvalue weighted by atomic mass is 16.4. The lowest BCUT2D eigenvalue weighted by Crippen LogP contribution is -2.50. The Hall–Kier alpha value is -1.63. The molecule has 2 aliphatic rings. The molecule has 7 heteroatoms. The number of nitrogens with one attached hydrogen (secondary N) is 2. The summed E-state index contributed by atoms with van der Waals surface area (Å²) < 4.78 is 0. The molecule has 2 rings (SSSR count). The lowest BCUT2D eigenvalue weighted by Gasteiger charge is -2.27. The van der Waals surface area contributed by atoms with Crippen molar-refractivity contribution in [1.82, 2.24) is 15.5 Å². The molecule has 0 aromatic rings. The lowest BCUT2D eigenvalue weighted by atomic mass is 9.95. The highest BCUT2D eigenvalue weighted by molar-refractivity contribution is 5.88. The van der Waals surface area contributed by atoms with Gasteiger partial charge in [0.15, 0.2) is 0 Å². The zero-order valence-corrected chi connectivity index (χ0v) is 11.4. The smallest absolute Gasteiger partial charge is 0.307 e. The van der Waals surface area contributed by atoms with Gasteiger partial charge in [-0.3, -0.25) is 14.4 Å². The third-order valence-corrected chi connectivity index (χ3v) is 4.05. The van der Waals surface area contributed by atoms with Crippen LogP contribution in [0.5, 0.6) is 0 Å². The second-order valence-electron chi connectivity index (χ2n) is 5.33. The molecular formula is C13H21N3O4. The van der Waals surface area contributed by atoms with Gasteiger partial charge in [-0.1, -0.05) is 6.42 Å². The number of piperazine rings is 1. The Morgan fingerprint density at radius 3 is 2.45 bits per heavy atom. The predicted molar refractivity (Wildman–Crippen MR) is 70.9 cm³/mol. The van der Waals surface area contributed by atoms with Crippen LogP contribution in [0.3, 0.4) is 0 Å². The molecule has 1 saturated carbocycles. The van der Waals surface area contributed by atoms with E-state index in [4.69, 9.17) is 5.11 Å². The molecule has 112 valence electrons. The Morgan fingerprint density at radius 1 is 1.15 bits per heavy atom. The number of carbonyl (C=O) groups excluding carboxylic acids is 2. The normalized spacial score (nSPS) is 26.3. The van der Waals surface area contributed by atoms with Crippen LogP contribution < -0.4 is 10.6 Å². The van der Waals surface area contributed by atoms with E-state index in [1.54, 1.807) is 4.90 Å². The first kappa shape index (κ1) is 14.8. The number of carbonyl (C=O) groups is 3. The number of aliphatic carboxylic acids is 1. The Balaban J connectivity index is 1.79. The molecule has 1 aliphatic carbocycles. The van der Waals surface area contributed by atoms with Crippen molar-refractivity contribution in [2.24, 2.45) is 11.8 Å². The fourth-order valence-corrected chi connectivity index (χ4v) is 2.89. The Labute approximate surface area is 117 Å². The van der Waals surface area contributed by atoms with E-state index >= 15 is 0 Å². The largest absolute Gasteiger partial charge is 0.481 e. The van der Waals surface area contributed by atoms with Gasteiger partial charge >= 0.3 is 5.97 Å². The topological polar surface area (TPSA) is 98.7 Å². The van der Waals surface area contributed by atoms with Crippen LogP contribution >= 0.6 is 0 Å². The van der Waals surface area contributed by atoms with Crippen molar-refractivity contribution in [3.05, 3.63) is 0 Å². The lowest BCUT2D eigenvalue weighted by molar-refractivity contribution is -0.146. The maximum atomic E-state index is 12.0. The molecule has 2 fully saturated rings. The first-order valence-electron chi connectivity index (χ1n) is 7.08. The third-order valence-electron chi connectivity index (χ3n) is 4.05. The van der Waals surface area contributed by atoms with Crippen molar-refractivity contribution in [3.8, 4) is 0 Å². The van der Waals surface area contributed by atoms with Gasteiger partial charge in [-0.2, -0.15) is 0 Å². The molecule has 3 N–H and O–H groups in total. The summed E-state index contributed by atoms with van der Waals surface area (Å²) in [6, 6.07) is 0. The summed E-state index contributed by atoms with van der Waals surface area (Å²) >= 11 is 0. The van der Waals surface area contributed by atoms with Gasteiger partial charge in [-0.25, -0.2) is 0 Å². The van der Waals surface area contributed by atoms with Gasteiger partial charge in [-0.05, 0) is 12.8 Å². The first-order chi connectivity index (χ1) is 9.59. The van der Waals surface area contributed by atoms with Gasteiger partial charge in [0.2, 0.25) is 11.8 Å². The Bertz CT molecular complexity index is 393. The predicted octanol–water partition coefficient (Wildman–Crippen LogP) is -0.965. The zero-order valence-electron chi connectivity index (χ0n) is 11.4. The molecule has 20 heavy (non-hydrogen) atoms. The quantitative estimate of drug-likeness (QED) is 0.617. The molecular weight excluding hydrogens is 262 g/mol. The first-order valence-corrected chi connectivity index (χ1v) is 7.08. The minimum Gasteiger partial charge on any atom is -0.481 e. The molecule has 0 aromatic carbocycles. The summed E-state index contributed by atoms with van der Waals surface area (Å²) in [4.78, 5) is 36.6. The Morgan fingerprint density at radius 2 is 1.80 bits per heavy atom. The van der Waals surface area contributed by atoms with Crippen molar-refractivity contribution in [2.75, 3.05) is 32.7 Å². The number of amides is 2. The van der Waals surface area contributed by atoms with Gasteiger partial charge in [0.05, 0.1) is 18.4 Å². The molecule has 1 saturated heterocycles. The standard InChI is InChI=1S/C13H21N3O4/c17-11(16-6-4-14-5-7-16)8-15-12(18)9-2-1-3-10(9)13(19)20/h9-10,14H,1-8H2,(H,15,18)(H,19,20)/t9-,10+/m1/s1. The van der Waals surface area contributed by atoms with Crippen molar-refractivity contribution in [3.63, 3.8) is 0 Å². The molecule has 7 nitrogen and oxygen atoms in total. The molecule has 0 spiro atoms. The zero-order chi connectivity index (χ0) is 14.5. The van der Waals surface area contributed by atoms with Crippen LogP contribution in [0, 0.1) is 11.8 Å². The van der Waals surface area contributed by atoms with E-state index in [1.165, 1.54) is 0 Å². The van der Waals surface area contributed by atoms with Gasteiger partial charge in [0.1, 0.15) is 0 Å². The molecule has 0 radical (unpaired) electrons. The van der Waals surface area contributed by atoms with Crippen LogP contribution in [0.15, 0.2) is 0 Å². The molecule has 1 aliphatic heterocycles. The van der Waals surface area contributed by atoms with Crippen molar-refractivity contribution in [2.45, 2.75) is 19.3 Å². The summed E-state index contributed by atoms with van der Waals surface area (Å²) in [5, 5.41) is 14.8. The Kier molecular flexibility index (Phi) is 4.94. The average molecular weight is 283 g/mol. The van der Waals surface area contributed by atoms with E-state index in [2.05, 4.69) is 10.6 Å². The van der Waals surface area contributed by atoms with E-state index in [1.807, 2.05) is 0 Å². The summed E-state index contributed by atoms with van der Waals surface area (Å²) in [5.41, 5.74) is 0. The molecule has 0 unspecified atom stereocenters. The monoisotopic (exact) mass is 283 g/mol. The van der Waals surface area contributed by atoms with Crippen LogP contribution in [0.1, 0.15) is 19.3 Å². The second-order valence-corrected chi connectivity index (χ2v) is 5.33. The number of hydrogen-bond donors (Lipinski definition) is 3. The van der Waals surface area contributed by atoms with E-state index < -0.39 is 17.8 Å². The van der Waals surface area contributed by atoms with Crippen molar-refractivity contribution >= 4 is 17.8 Å². The van der Waals surface area contributed by atoms with Crippen LogP contribution in [-0.2, 0) is 14.4 Å². The highest BCUT2D eigenvalue weighted by Gasteiger charge is 2.37. The minimum atomic E-state index is -0.920. The van der Waals surface area contributed by atoms with E-state index in [0.29, 0.717) is 25.9 Å². The molecule has 0 aromatic heterocycles. The second kappa shape index (κ2) is 6.69. The van der Waals surface area contributed by atoms with Crippen molar-refractivity contribution < 1.29 is 19.5 Å².